The standard InChI is InChI=1S/C14H14N6/c1-2-18-14(9-16,12-6-4-3-5-7-12)10-20-11-17-13(8-15)19-20/h3-7,11,18H,2,10H2,1H3. The molecule has 0 spiro atoms. The molecule has 1 heterocycles. The van der Waals surface area contributed by atoms with Crippen molar-refractivity contribution in [3.8, 4) is 12.1 Å². The molecule has 1 atom stereocenters. The van der Waals surface area contributed by atoms with Crippen molar-refractivity contribution < 1.29 is 0 Å². The van der Waals surface area contributed by atoms with Crippen molar-refractivity contribution >= 4 is 0 Å². The Balaban J connectivity index is 2.38. The summed E-state index contributed by atoms with van der Waals surface area (Å²) < 4.78 is 1.51. The molecular weight excluding hydrogens is 252 g/mol. The van der Waals surface area contributed by atoms with Gasteiger partial charge in [-0.1, -0.05) is 37.3 Å². The van der Waals surface area contributed by atoms with E-state index in [1.165, 1.54) is 11.0 Å². The molecule has 0 saturated carbocycles. The van der Waals surface area contributed by atoms with E-state index in [9.17, 15) is 5.26 Å². The van der Waals surface area contributed by atoms with E-state index in [0.29, 0.717) is 6.54 Å². The Labute approximate surface area is 117 Å². The summed E-state index contributed by atoms with van der Waals surface area (Å²) in [5, 5.41) is 25.6. The van der Waals surface area contributed by atoms with E-state index >= 15 is 0 Å². The van der Waals surface area contributed by atoms with Gasteiger partial charge in [-0.25, -0.2) is 9.67 Å². The van der Waals surface area contributed by atoms with E-state index in [4.69, 9.17) is 5.26 Å². The topological polar surface area (TPSA) is 90.3 Å². The third kappa shape index (κ3) is 2.66. The monoisotopic (exact) mass is 266 g/mol. The third-order valence-corrected chi connectivity index (χ3v) is 2.97. The van der Waals surface area contributed by atoms with E-state index in [-0.39, 0.29) is 12.4 Å². The number of benzene rings is 1. The SMILES string of the molecule is CCNC(C#N)(Cn1cnc(C#N)n1)c1ccccc1. The highest BCUT2D eigenvalue weighted by atomic mass is 15.3. The zero-order valence-corrected chi connectivity index (χ0v) is 11.1. The maximum absolute atomic E-state index is 9.65. The number of nitriles is 2. The second kappa shape index (κ2) is 5.96. The van der Waals surface area contributed by atoms with Gasteiger partial charge >= 0.3 is 0 Å². The minimum Gasteiger partial charge on any atom is -0.294 e. The molecule has 1 unspecified atom stereocenters. The number of hydrogen-bond acceptors (Lipinski definition) is 5. The van der Waals surface area contributed by atoms with Crippen molar-refractivity contribution in [2.45, 2.75) is 19.0 Å². The van der Waals surface area contributed by atoms with Gasteiger partial charge < -0.3 is 0 Å². The molecule has 0 radical (unpaired) electrons. The lowest BCUT2D eigenvalue weighted by Crippen LogP contribution is -2.44. The molecule has 0 aliphatic rings. The van der Waals surface area contributed by atoms with Crippen LogP contribution in [0.3, 0.4) is 0 Å². The highest BCUT2D eigenvalue weighted by Gasteiger charge is 2.32. The minimum absolute atomic E-state index is 0.0985. The molecule has 0 saturated heterocycles. The molecule has 1 aromatic carbocycles. The summed E-state index contributed by atoms with van der Waals surface area (Å²) in [5.74, 6) is 0.0985. The fraction of sp³-hybridized carbons (Fsp3) is 0.286. The Kier molecular flexibility index (Phi) is 4.09. The summed E-state index contributed by atoms with van der Waals surface area (Å²) in [6.07, 6.45) is 1.46. The van der Waals surface area contributed by atoms with Gasteiger partial charge in [-0.2, -0.15) is 10.5 Å². The predicted octanol–water partition coefficient (Wildman–Crippen LogP) is 1.18. The Morgan fingerprint density at radius 3 is 2.60 bits per heavy atom. The van der Waals surface area contributed by atoms with E-state index < -0.39 is 5.54 Å². The number of aromatic nitrogens is 3. The average molecular weight is 266 g/mol. The molecule has 20 heavy (non-hydrogen) atoms. The Bertz CT molecular complexity index is 648. The number of likely N-dealkylation sites (N-methyl/N-ethyl adjacent to an activating group) is 1. The van der Waals surface area contributed by atoms with Crippen molar-refractivity contribution in [3.05, 3.63) is 48.0 Å². The molecule has 1 N–H and O–H groups in total. The largest absolute Gasteiger partial charge is 0.294 e. The van der Waals surface area contributed by atoms with Crippen molar-refractivity contribution in [2.24, 2.45) is 0 Å². The molecule has 2 rings (SSSR count). The first-order valence-corrected chi connectivity index (χ1v) is 6.25. The lowest BCUT2D eigenvalue weighted by atomic mass is 9.91. The fourth-order valence-electron chi connectivity index (χ4n) is 2.08. The maximum atomic E-state index is 9.65. The van der Waals surface area contributed by atoms with E-state index in [1.54, 1.807) is 0 Å². The molecule has 0 aliphatic carbocycles. The van der Waals surface area contributed by atoms with E-state index in [2.05, 4.69) is 21.5 Å². The van der Waals surface area contributed by atoms with Crippen LogP contribution in [-0.4, -0.2) is 21.3 Å². The van der Waals surface area contributed by atoms with Crippen LogP contribution in [0.25, 0.3) is 0 Å². The summed E-state index contributed by atoms with van der Waals surface area (Å²) in [5.41, 5.74) is -0.0328. The van der Waals surface area contributed by atoms with Gasteiger partial charge in [0.1, 0.15) is 12.4 Å². The van der Waals surface area contributed by atoms with Crippen LogP contribution >= 0.6 is 0 Å². The molecule has 0 fully saturated rings. The number of nitrogens with one attached hydrogen (secondary N) is 1. The summed E-state index contributed by atoms with van der Waals surface area (Å²) in [7, 11) is 0. The first kappa shape index (κ1) is 13.7. The Morgan fingerprint density at radius 2 is 2.05 bits per heavy atom. The lowest BCUT2D eigenvalue weighted by Gasteiger charge is -2.27. The van der Waals surface area contributed by atoms with Crippen LogP contribution in [0.5, 0.6) is 0 Å². The fourth-order valence-corrected chi connectivity index (χ4v) is 2.08. The molecule has 6 nitrogen and oxygen atoms in total. The van der Waals surface area contributed by atoms with Gasteiger partial charge in [0.2, 0.25) is 0 Å². The first-order valence-electron chi connectivity index (χ1n) is 6.25. The van der Waals surface area contributed by atoms with Crippen LogP contribution in [0, 0.1) is 22.7 Å². The van der Waals surface area contributed by atoms with Gasteiger partial charge in [-0.05, 0) is 12.1 Å². The van der Waals surface area contributed by atoms with Crippen LogP contribution in [0.2, 0.25) is 0 Å². The quantitative estimate of drug-likeness (QED) is 0.877. The van der Waals surface area contributed by atoms with Crippen LogP contribution in [0.15, 0.2) is 36.7 Å². The molecule has 6 heteroatoms. The third-order valence-electron chi connectivity index (χ3n) is 2.97. The molecule has 0 bridgehead atoms. The zero-order chi connectivity index (χ0) is 14.4. The zero-order valence-electron chi connectivity index (χ0n) is 11.1. The second-order valence-corrected chi connectivity index (χ2v) is 4.29. The first-order chi connectivity index (χ1) is 9.74. The van der Waals surface area contributed by atoms with Gasteiger partial charge in [0, 0.05) is 0 Å². The number of hydrogen-bond donors (Lipinski definition) is 1. The smallest absolute Gasteiger partial charge is 0.252 e. The Morgan fingerprint density at radius 1 is 1.30 bits per heavy atom. The molecule has 0 aliphatic heterocycles. The predicted molar refractivity (Wildman–Crippen MR) is 72.1 cm³/mol. The van der Waals surface area contributed by atoms with Gasteiger partial charge in [0.05, 0.1) is 12.6 Å². The lowest BCUT2D eigenvalue weighted by molar-refractivity contribution is 0.358. The van der Waals surface area contributed by atoms with Crippen LogP contribution in [0.1, 0.15) is 18.3 Å². The minimum atomic E-state index is -0.892. The van der Waals surface area contributed by atoms with Crippen molar-refractivity contribution in [3.63, 3.8) is 0 Å². The molecular formula is C14H14N6. The summed E-state index contributed by atoms with van der Waals surface area (Å²) >= 11 is 0. The molecule has 2 aromatic rings. The normalized spacial score (nSPS) is 13.2. The maximum Gasteiger partial charge on any atom is 0.252 e. The van der Waals surface area contributed by atoms with Gasteiger partial charge in [-0.3, -0.25) is 5.32 Å². The molecule has 100 valence electrons. The van der Waals surface area contributed by atoms with Gasteiger partial charge in [0.25, 0.3) is 5.82 Å². The number of nitrogens with zero attached hydrogens (tertiary/aromatic N) is 5. The van der Waals surface area contributed by atoms with E-state index in [1.807, 2.05) is 43.3 Å². The summed E-state index contributed by atoms with van der Waals surface area (Å²) in [6, 6.07) is 13.7. The Hall–Kier alpha value is -2.70. The molecule has 1 aromatic heterocycles. The average Bonchev–Trinajstić information content (AvgIpc) is 2.95. The highest BCUT2D eigenvalue weighted by molar-refractivity contribution is 5.31. The molecule has 0 amide bonds. The summed E-state index contributed by atoms with van der Waals surface area (Å²) in [6.45, 7) is 2.87. The van der Waals surface area contributed by atoms with Crippen LogP contribution < -0.4 is 5.32 Å². The second-order valence-electron chi connectivity index (χ2n) is 4.29. The van der Waals surface area contributed by atoms with Crippen molar-refractivity contribution in [2.75, 3.05) is 6.54 Å². The van der Waals surface area contributed by atoms with Gasteiger partial charge in [-0.15, -0.1) is 5.10 Å². The van der Waals surface area contributed by atoms with Gasteiger partial charge in [0.15, 0.2) is 5.54 Å². The number of rotatable bonds is 5. The van der Waals surface area contributed by atoms with Crippen molar-refractivity contribution in [1.29, 1.82) is 10.5 Å². The van der Waals surface area contributed by atoms with Crippen LogP contribution in [-0.2, 0) is 12.1 Å². The van der Waals surface area contributed by atoms with E-state index in [0.717, 1.165) is 5.56 Å². The highest BCUT2D eigenvalue weighted by Crippen LogP contribution is 2.22. The van der Waals surface area contributed by atoms with Crippen LogP contribution in [0.4, 0.5) is 0 Å². The van der Waals surface area contributed by atoms with Crippen molar-refractivity contribution in [1.82, 2.24) is 20.1 Å². The summed E-state index contributed by atoms with van der Waals surface area (Å²) in [4.78, 5) is 3.86.